The summed E-state index contributed by atoms with van der Waals surface area (Å²) in [6, 6.07) is 10.3. The van der Waals surface area contributed by atoms with Crippen molar-refractivity contribution in [2.24, 2.45) is 0 Å². The van der Waals surface area contributed by atoms with Crippen LogP contribution in [0.25, 0.3) is 0 Å². The Balaban J connectivity index is 2.78. The monoisotopic (exact) mass is 278 g/mol. The van der Waals surface area contributed by atoms with Crippen molar-refractivity contribution in [1.82, 2.24) is 5.32 Å². The van der Waals surface area contributed by atoms with Crippen LogP contribution in [0.4, 0.5) is 5.69 Å². The Morgan fingerprint density at radius 3 is 2.42 bits per heavy atom. The molecule has 12 heavy (non-hydrogen) atoms. The molecule has 0 aliphatic rings. The number of anilines is 1. The van der Waals surface area contributed by atoms with Crippen LogP contribution in [-0.4, -0.2) is 39.7 Å². The fourth-order valence-corrected chi connectivity index (χ4v) is 1.24. The minimum absolute atomic E-state index is 1.15. The van der Waals surface area contributed by atoms with E-state index in [4.69, 9.17) is 0 Å². The quantitative estimate of drug-likeness (QED) is 0.813. The van der Waals surface area contributed by atoms with E-state index in [2.05, 4.69) is 22.3 Å². The van der Waals surface area contributed by atoms with Crippen LogP contribution < -0.4 is 10.2 Å². The van der Waals surface area contributed by atoms with Crippen molar-refractivity contribution in [3.05, 3.63) is 30.3 Å². The minimum atomic E-state index is 1.15. The number of hydrogen-bond donors (Lipinski definition) is 1. The molecule has 64 valence electrons. The molecule has 1 N–H and O–H groups in total. The summed E-state index contributed by atoms with van der Waals surface area (Å²) in [5.41, 5.74) is 1.20. The van der Waals surface area contributed by atoms with E-state index in [0.717, 1.165) is 3.80 Å². The zero-order valence-corrected chi connectivity index (χ0v) is 9.57. The Hall–Kier alpha value is -0.520. The number of nitrogens with one attached hydrogen (secondary N) is 1. The van der Waals surface area contributed by atoms with Gasteiger partial charge >= 0.3 is 86.0 Å². The average molecular weight is 276 g/mol. The van der Waals surface area contributed by atoms with Crippen molar-refractivity contribution in [1.29, 1.82) is 0 Å². The number of benzene rings is 1. The topological polar surface area (TPSA) is 15.3 Å². The van der Waals surface area contributed by atoms with Crippen LogP contribution in [0.3, 0.4) is 0 Å². The van der Waals surface area contributed by atoms with Crippen LogP contribution in [0.15, 0.2) is 30.3 Å². The molecular weight excluding hydrogens is 264 g/mol. The van der Waals surface area contributed by atoms with Crippen LogP contribution in [0.5, 0.6) is 0 Å². The van der Waals surface area contributed by atoms with Crippen LogP contribution >= 0.6 is 0 Å². The van der Waals surface area contributed by atoms with E-state index < -0.39 is 0 Å². The zero-order chi connectivity index (χ0) is 8.97. The molecule has 0 aromatic heterocycles. The van der Waals surface area contributed by atoms with Gasteiger partial charge in [0.15, 0.2) is 0 Å². The first kappa shape index (κ1) is 9.57. The zero-order valence-electron chi connectivity index (χ0n) is 7.24. The van der Waals surface area contributed by atoms with Gasteiger partial charge in [-0.3, -0.25) is 0 Å². The van der Waals surface area contributed by atoms with Crippen molar-refractivity contribution in [3.8, 4) is 0 Å². The van der Waals surface area contributed by atoms with E-state index in [-0.39, 0.29) is 0 Å². The van der Waals surface area contributed by atoms with Crippen LogP contribution in [0.2, 0.25) is 0 Å². The molecule has 2 nitrogen and oxygen atoms in total. The fraction of sp³-hybridized carbons (Fsp3) is 0.222. The molecule has 0 saturated carbocycles. The van der Waals surface area contributed by atoms with Gasteiger partial charge < -0.3 is 0 Å². The summed E-state index contributed by atoms with van der Waals surface area (Å²) in [6.45, 7) is 0. The first-order valence-electron chi connectivity index (χ1n) is 3.76. The molecule has 0 atom stereocenters. The molecule has 0 spiro atoms. The summed E-state index contributed by atoms with van der Waals surface area (Å²) >= 11 is 1.98. The van der Waals surface area contributed by atoms with E-state index in [9.17, 15) is 0 Å². The van der Waals surface area contributed by atoms with Gasteiger partial charge in [-0.05, 0) is 0 Å². The normalized spacial score (nSPS) is 9.17. The molecule has 0 aliphatic heterocycles. The van der Waals surface area contributed by atoms with E-state index in [0.29, 0.717) is 0 Å². The summed E-state index contributed by atoms with van der Waals surface area (Å²) < 4.78 is 1.15. The molecule has 0 bridgehead atoms. The van der Waals surface area contributed by atoms with Gasteiger partial charge in [0, 0.05) is 0 Å². The van der Waals surface area contributed by atoms with E-state index in [1.54, 1.807) is 0 Å². The third kappa shape index (κ3) is 2.23. The second kappa shape index (κ2) is 4.49. The molecule has 1 aromatic rings. The molecule has 0 radical (unpaired) electrons. The molecule has 3 heteroatoms. The van der Waals surface area contributed by atoms with E-state index in [1.807, 2.05) is 54.1 Å². The summed E-state index contributed by atoms with van der Waals surface area (Å²) in [7, 11) is 3.97. The van der Waals surface area contributed by atoms with Crippen molar-refractivity contribution in [3.63, 3.8) is 0 Å². The van der Waals surface area contributed by atoms with Gasteiger partial charge in [-0.25, -0.2) is 0 Å². The second-order valence-electron chi connectivity index (χ2n) is 2.45. The summed E-state index contributed by atoms with van der Waals surface area (Å²) in [4.78, 5) is 2.12. The Labute approximate surface area is 86.0 Å². The predicted molar refractivity (Wildman–Crippen MR) is 54.7 cm³/mol. The number of nitrogens with zero attached hydrogens (tertiary/aromatic N) is 1. The molecule has 0 amide bonds. The number of rotatable bonds is 3. The van der Waals surface area contributed by atoms with Gasteiger partial charge in [0.05, 0.1) is 0 Å². The Morgan fingerprint density at radius 2 is 1.92 bits per heavy atom. The maximum absolute atomic E-state index is 3.11. The Morgan fingerprint density at radius 1 is 1.33 bits per heavy atom. The third-order valence-corrected chi connectivity index (χ3v) is 3.03. The molecule has 0 unspecified atom stereocenters. The summed E-state index contributed by atoms with van der Waals surface area (Å²) in [5.74, 6) is 0. The molecule has 0 aliphatic carbocycles. The number of para-hydroxylation sites is 1. The van der Waals surface area contributed by atoms with Crippen molar-refractivity contribution in [2.75, 3.05) is 19.0 Å². The van der Waals surface area contributed by atoms with Gasteiger partial charge in [-0.15, -0.1) is 0 Å². The van der Waals surface area contributed by atoms with Crippen LogP contribution in [-0.2, 0) is 0 Å². The van der Waals surface area contributed by atoms with E-state index >= 15 is 0 Å². The Bertz CT molecular complexity index is 258. The molecule has 0 heterocycles. The SMILES string of the molecule is CNC(=[Te])N(C)c1ccccc1. The first-order chi connectivity index (χ1) is 5.75. The Kier molecular flexibility index (Phi) is 3.58. The molecule has 0 fully saturated rings. The van der Waals surface area contributed by atoms with E-state index in [1.165, 1.54) is 5.69 Å². The molecular formula is C9H12N2Te. The standard InChI is InChI=1S/C9H12N2Te/c1-10-9(12)11(2)8-6-4-3-5-7-8/h3-7H,1-2H3,(H,10,12). The predicted octanol–water partition coefficient (Wildman–Crippen LogP) is 0.598. The van der Waals surface area contributed by atoms with Crippen molar-refractivity contribution < 1.29 is 0 Å². The second-order valence-corrected chi connectivity index (χ2v) is 3.55. The van der Waals surface area contributed by atoms with Gasteiger partial charge in [-0.2, -0.15) is 0 Å². The first-order valence-corrected chi connectivity index (χ1v) is 4.92. The van der Waals surface area contributed by atoms with Gasteiger partial charge in [0.1, 0.15) is 0 Å². The van der Waals surface area contributed by atoms with Gasteiger partial charge in [-0.1, -0.05) is 0 Å². The molecule has 1 aromatic carbocycles. The summed E-state index contributed by atoms with van der Waals surface area (Å²) in [6.07, 6.45) is 0. The fourth-order valence-electron chi connectivity index (χ4n) is 0.937. The van der Waals surface area contributed by atoms with Crippen molar-refractivity contribution in [2.45, 2.75) is 0 Å². The van der Waals surface area contributed by atoms with Crippen molar-refractivity contribution >= 4 is 31.3 Å². The third-order valence-electron chi connectivity index (χ3n) is 1.66. The van der Waals surface area contributed by atoms with Gasteiger partial charge in [0.25, 0.3) is 0 Å². The van der Waals surface area contributed by atoms with Crippen LogP contribution in [0, 0.1) is 0 Å². The van der Waals surface area contributed by atoms with Gasteiger partial charge in [0.2, 0.25) is 0 Å². The maximum atomic E-state index is 3.11. The average Bonchev–Trinajstić information content (AvgIpc) is 2.17. The molecule has 1 rings (SSSR count). The molecule has 0 saturated heterocycles. The number of hydrogen-bond acceptors (Lipinski definition) is 2. The van der Waals surface area contributed by atoms with Crippen LogP contribution in [0.1, 0.15) is 0 Å². The summed E-state index contributed by atoms with van der Waals surface area (Å²) in [5, 5.41) is 3.11.